The molecule has 4 aromatic rings. The first-order valence-corrected chi connectivity index (χ1v) is 9.85. The molecule has 0 spiro atoms. The van der Waals surface area contributed by atoms with Crippen LogP contribution in [-0.2, 0) is 0 Å². The first-order valence-electron chi connectivity index (χ1n) is 8.86. The molecule has 0 atom stereocenters. The minimum Gasteiger partial charge on any atom is -0.510 e. The Morgan fingerprint density at radius 2 is 2.00 bits per heavy atom. The van der Waals surface area contributed by atoms with Gasteiger partial charge in [-0.2, -0.15) is 5.26 Å². The van der Waals surface area contributed by atoms with Crippen LogP contribution in [0.4, 0.5) is 0 Å². The maximum absolute atomic E-state index is 10.5. The van der Waals surface area contributed by atoms with Crippen LogP contribution in [0, 0.1) is 11.3 Å². The molecule has 0 unspecified atom stereocenters. The number of imidazole rings is 1. The Labute approximate surface area is 175 Å². The number of benzene rings is 2. The second-order valence-corrected chi connectivity index (χ2v) is 7.14. The largest absolute Gasteiger partial charge is 0.510 e. The summed E-state index contributed by atoms with van der Waals surface area (Å²) in [6, 6.07) is 16.7. The number of H-pyrrole nitrogens is 1. The molecule has 0 amide bonds. The Bertz CT molecular complexity index is 1250. The lowest BCUT2D eigenvalue weighted by atomic mass is 10.2. The molecule has 2 heterocycles. The highest BCUT2D eigenvalue weighted by Crippen LogP contribution is 2.30. The van der Waals surface area contributed by atoms with Crippen molar-refractivity contribution in [2.45, 2.75) is 5.16 Å². The van der Waals surface area contributed by atoms with Crippen LogP contribution in [0.3, 0.4) is 0 Å². The van der Waals surface area contributed by atoms with Gasteiger partial charge in [-0.1, -0.05) is 36.0 Å². The molecule has 2 aromatic heterocycles. The first kappa shape index (κ1) is 19.4. The molecule has 10 heteroatoms. The third-order valence-electron chi connectivity index (χ3n) is 4.38. The van der Waals surface area contributed by atoms with E-state index < -0.39 is 0 Å². The summed E-state index contributed by atoms with van der Waals surface area (Å²) in [5.41, 5.74) is 2.25. The highest BCUT2D eigenvalue weighted by Gasteiger charge is 2.18. The van der Waals surface area contributed by atoms with Crippen molar-refractivity contribution in [2.24, 2.45) is 0 Å². The van der Waals surface area contributed by atoms with Gasteiger partial charge in [0.2, 0.25) is 5.16 Å². The summed E-state index contributed by atoms with van der Waals surface area (Å²) in [6.45, 7) is 0. The van der Waals surface area contributed by atoms with Gasteiger partial charge in [-0.3, -0.25) is 0 Å². The van der Waals surface area contributed by atoms with Gasteiger partial charge in [-0.05, 0) is 24.3 Å². The number of nitrogen functional groups attached to an aromatic ring is 1. The van der Waals surface area contributed by atoms with E-state index in [1.165, 1.54) is 4.68 Å². The molecule has 0 aliphatic rings. The number of fused-ring (bicyclic) bond motifs is 1. The third kappa shape index (κ3) is 3.54. The number of aliphatic hydroxyl groups is 1. The van der Waals surface area contributed by atoms with E-state index in [1.807, 2.05) is 48.5 Å². The van der Waals surface area contributed by atoms with E-state index in [0.717, 1.165) is 17.3 Å². The van der Waals surface area contributed by atoms with Gasteiger partial charge < -0.3 is 20.7 Å². The Morgan fingerprint density at radius 3 is 2.77 bits per heavy atom. The Balaban J connectivity index is 1.58. The van der Waals surface area contributed by atoms with Gasteiger partial charge in [0.1, 0.15) is 23.2 Å². The molecule has 0 fully saturated rings. The molecule has 0 bridgehead atoms. The van der Waals surface area contributed by atoms with Crippen molar-refractivity contribution in [2.75, 3.05) is 18.7 Å². The molecular formula is C20H17N7O2S. The quantitative estimate of drug-likeness (QED) is 0.187. The minimum absolute atomic E-state index is 0.0618. The topological polar surface area (TPSA) is 139 Å². The van der Waals surface area contributed by atoms with Crippen LogP contribution in [0.2, 0.25) is 0 Å². The van der Waals surface area contributed by atoms with E-state index in [0.29, 0.717) is 33.6 Å². The Morgan fingerprint density at radius 1 is 1.23 bits per heavy atom. The second-order valence-electron chi connectivity index (χ2n) is 6.20. The fraction of sp³-hybridized carbons (Fsp3) is 0.100. The average molecular weight is 419 g/mol. The number of nitriles is 1. The zero-order chi connectivity index (χ0) is 21.1. The summed E-state index contributed by atoms with van der Waals surface area (Å²) in [7, 11) is 1.57. The average Bonchev–Trinajstić information content (AvgIpc) is 3.36. The summed E-state index contributed by atoms with van der Waals surface area (Å²) in [5.74, 6) is 7.44. The van der Waals surface area contributed by atoms with Gasteiger partial charge in [-0.15, -0.1) is 10.2 Å². The number of ether oxygens (including phenoxy) is 1. The molecule has 4 N–H and O–H groups in total. The molecule has 0 saturated carbocycles. The van der Waals surface area contributed by atoms with Crippen LogP contribution in [0.25, 0.3) is 28.0 Å². The molecule has 4 rings (SSSR count). The number of nitrogens with zero attached hydrogens (tertiary/aromatic N) is 5. The summed E-state index contributed by atoms with van der Waals surface area (Å²) < 4.78 is 6.67. The molecule has 0 aliphatic carbocycles. The number of aromatic amines is 1. The van der Waals surface area contributed by atoms with Crippen LogP contribution in [-0.4, -0.2) is 42.8 Å². The number of aliphatic hydroxyl groups excluding tert-OH is 1. The smallest absolute Gasteiger partial charge is 0.210 e. The zero-order valence-electron chi connectivity index (χ0n) is 15.9. The number of hydrogen-bond acceptors (Lipinski definition) is 8. The number of methoxy groups -OCH3 is 1. The van der Waals surface area contributed by atoms with E-state index in [1.54, 1.807) is 13.2 Å². The van der Waals surface area contributed by atoms with Crippen molar-refractivity contribution in [3.8, 4) is 23.2 Å². The molecule has 0 radical (unpaired) electrons. The SMILES string of the molecule is COc1ccccc1-c1nnc(SCC(O)=C(C#N)c2nc3ccccc3[nH]2)n1N. The van der Waals surface area contributed by atoms with Crippen molar-refractivity contribution in [3.05, 3.63) is 60.1 Å². The van der Waals surface area contributed by atoms with Crippen molar-refractivity contribution in [3.63, 3.8) is 0 Å². The van der Waals surface area contributed by atoms with E-state index in [9.17, 15) is 10.4 Å². The van der Waals surface area contributed by atoms with Gasteiger partial charge in [0.15, 0.2) is 11.6 Å². The lowest BCUT2D eigenvalue weighted by Gasteiger charge is -2.08. The van der Waals surface area contributed by atoms with Gasteiger partial charge in [0.05, 0.1) is 29.5 Å². The minimum atomic E-state index is -0.136. The summed E-state index contributed by atoms with van der Waals surface area (Å²) in [4.78, 5) is 7.41. The number of hydrogen-bond donors (Lipinski definition) is 3. The van der Waals surface area contributed by atoms with Crippen molar-refractivity contribution in [1.82, 2.24) is 24.8 Å². The lowest BCUT2D eigenvalue weighted by molar-refractivity contribution is 0.416. The standard InChI is InChI=1S/C20H17N7O2S/c1-29-17-9-5-2-6-12(17)19-25-26-20(27(19)22)30-11-16(28)13(10-21)18-23-14-7-3-4-8-15(14)24-18/h2-9,28H,11,22H2,1H3,(H,23,24). The van der Waals surface area contributed by atoms with Crippen LogP contribution in [0.1, 0.15) is 5.82 Å². The van der Waals surface area contributed by atoms with Crippen molar-refractivity contribution in [1.29, 1.82) is 5.26 Å². The Hall–Kier alpha value is -3.97. The fourth-order valence-corrected chi connectivity index (χ4v) is 3.65. The van der Waals surface area contributed by atoms with E-state index >= 15 is 0 Å². The van der Waals surface area contributed by atoms with Crippen LogP contribution >= 0.6 is 11.8 Å². The number of aromatic nitrogens is 5. The third-order valence-corrected chi connectivity index (χ3v) is 5.33. The predicted molar refractivity (Wildman–Crippen MR) is 114 cm³/mol. The first-order chi connectivity index (χ1) is 14.6. The molecule has 9 nitrogen and oxygen atoms in total. The molecular weight excluding hydrogens is 402 g/mol. The monoisotopic (exact) mass is 419 g/mol. The summed E-state index contributed by atoms with van der Waals surface area (Å²) >= 11 is 1.15. The van der Waals surface area contributed by atoms with Gasteiger partial charge in [-0.25, -0.2) is 9.66 Å². The van der Waals surface area contributed by atoms with Crippen LogP contribution in [0.5, 0.6) is 5.75 Å². The molecule has 150 valence electrons. The fourth-order valence-electron chi connectivity index (χ4n) is 2.92. The Kier molecular flexibility index (Phi) is 5.28. The van der Waals surface area contributed by atoms with E-state index in [2.05, 4.69) is 20.2 Å². The van der Waals surface area contributed by atoms with Crippen molar-refractivity contribution < 1.29 is 9.84 Å². The van der Waals surface area contributed by atoms with Gasteiger partial charge in [0.25, 0.3) is 0 Å². The number of nitrogens with two attached hydrogens (primary N) is 1. The summed E-state index contributed by atoms with van der Waals surface area (Å²) in [5, 5.41) is 28.6. The molecule has 0 aliphatic heterocycles. The van der Waals surface area contributed by atoms with Crippen molar-refractivity contribution >= 4 is 28.4 Å². The van der Waals surface area contributed by atoms with Crippen LogP contribution in [0.15, 0.2) is 59.4 Å². The molecule has 2 aromatic carbocycles. The molecule has 30 heavy (non-hydrogen) atoms. The lowest BCUT2D eigenvalue weighted by Crippen LogP contribution is -2.12. The highest BCUT2D eigenvalue weighted by molar-refractivity contribution is 7.99. The molecule has 0 saturated heterocycles. The second kappa shape index (κ2) is 8.18. The zero-order valence-corrected chi connectivity index (χ0v) is 16.7. The van der Waals surface area contributed by atoms with E-state index in [-0.39, 0.29) is 17.1 Å². The summed E-state index contributed by atoms with van der Waals surface area (Å²) in [6.07, 6.45) is 0. The van der Waals surface area contributed by atoms with E-state index in [4.69, 9.17) is 10.6 Å². The van der Waals surface area contributed by atoms with Gasteiger partial charge in [0, 0.05) is 0 Å². The normalized spacial score (nSPS) is 11.9. The maximum atomic E-state index is 10.5. The number of thioether (sulfide) groups is 1. The van der Waals surface area contributed by atoms with Crippen LogP contribution < -0.4 is 10.6 Å². The number of allylic oxidation sites excluding steroid dienone is 1. The van der Waals surface area contributed by atoms with Gasteiger partial charge >= 0.3 is 0 Å². The maximum Gasteiger partial charge on any atom is 0.210 e. The predicted octanol–water partition coefficient (Wildman–Crippen LogP) is 3.13. The number of rotatable bonds is 6. The highest BCUT2D eigenvalue weighted by atomic mass is 32.2. The number of nitrogens with one attached hydrogen (secondary N) is 1. The number of para-hydroxylation sites is 3.